The van der Waals surface area contributed by atoms with Crippen LogP contribution in [0.1, 0.15) is 11.1 Å². The number of H-pyrrole nitrogens is 2. The number of rotatable bonds is 4. The van der Waals surface area contributed by atoms with Gasteiger partial charge in [-0.15, -0.1) is 0 Å². The molecule has 1 amide bonds. The third-order valence-electron chi connectivity index (χ3n) is 5.40. The quantitative estimate of drug-likeness (QED) is 0.277. The predicted molar refractivity (Wildman–Crippen MR) is 103 cm³/mol. The van der Waals surface area contributed by atoms with Crippen LogP contribution < -0.4 is 5.32 Å². The first-order valence-electron chi connectivity index (χ1n) is 9.08. The molecule has 4 aromatic rings. The van der Waals surface area contributed by atoms with Crippen molar-refractivity contribution in [2.24, 2.45) is 0 Å². The molecule has 0 unspecified atom stereocenters. The molecule has 1 radical (unpaired) electrons. The number of fused-ring (bicyclic) bond motifs is 2. The zero-order valence-electron chi connectivity index (χ0n) is 15.2. The van der Waals surface area contributed by atoms with Crippen LogP contribution in [0.5, 0.6) is 0 Å². The van der Waals surface area contributed by atoms with E-state index in [4.69, 9.17) is 0 Å². The summed E-state index contributed by atoms with van der Waals surface area (Å²) in [6.07, 6.45) is 4.51. The van der Waals surface area contributed by atoms with E-state index in [9.17, 15) is 10.0 Å². The number of hydroxylamine groups is 2. The molecule has 4 N–H and O–H groups in total. The second kappa shape index (κ2) is 8.00. The van der Waals surface area contributed by atoms with E-state index in [1.807, 2.05) is 60.9 Å². The number of carbonyl (C=O) groups excluding carboxylic acids is 1. The van der Waals surface area contributed by atoms with Crippen molar-refractivity contribution in [1.29, 1.82) is 0 Å². The number of para-hydroxylation sites is 2. The van der Waals surface area contributed by atoms with Gasteiger partial charge in [-0.05, 0) is 29.7 Å². The second-order valence-corrected chi connectivity index (χ2v) is 7.05. The van der Waals surface area contributed by atoms with Crippen molar-refractivity contribution in [3.05, 3.63) is 72.1 Å². The van der Waals surface area contributed by atoms with E-state index < -0.39 is 12.2 Å². The van der Waals surface area contributed by atoms with E-state index >= 15 is 0 Å². The van der Waals surface area contributed by atoms with Gasteiger partial charge in [-0.25, -0.2) is 5.06 Å². The molecular weight excluding hydrogens is 567 g/mol. The largest absolute Gasteiger partial charge is 0.361 e. The van der Waals surface area contributed by atoms with E-state index in [1.165, 1.54) is 0 Å². The maximum atomic E-state index is 12.6. The molecule has 3 heterocycles. The van der Waals surface area contributed by atoms with Gasteiger partial charge in [-0.1, -0.05) is 36.4 Å². The normalized spacial score (nSPS) is 19.5. The van der Waals surface area contributed by atoms with Crippen LogP contribution in [0.2, 0.25) is 0 Å². The summed E-state index contributed by atoms with van der Waals surface area (Å²) in [6, 6.07) is 15.6. The summed E-state index contributed by atoms with van der Waals surface area (Å²) < 4.78 is 0. The Hall–Kier alpha value is -1.65. The van der Waals surface area contributed by atoms with Gasteiger partial charge in [0, 0.05) is 84.7 Å². The summed E-state index contributed by atoms with van der Waals surface area (Å²) in [5.41, 5.74) is 4.24. The number of hydrogen-bond donors (Lipinski definition) is 4. The average molecular weight is 587 g/mol. The fourth-order valence-corrected chi connectivity index (χ4v) is 4.01. The minimum Gasteiger partial charge on any atom is -0.361 e. The molecular formula is C21H20AcN4O2. The monoisotopic (exact) mass is 587 g/mol. The van der Waals surface area contributed by atoms with Crippen molar-refractivity contribution in [3.63, 3.8) is 0 Å². The third kappa shape index (κ3) is 3.42. The van der Waals surface area contributed by atoms with Crippen molar-refractivity contribution in [2.45, 2.75) is 25.0 Å². The Morgan fingerprint density at radius 3 is 2.00 bits per heavy atom. The molecule has 1 fully saturated rings. The number of aromatic nitrogens is 2. The van der Waals surface area contributed by atoms with Gasteiger partial charge >= 0.3 is 0 Å². The SMILES string of the molecule is O=C1[C@H](Cc2c[nH]c3ccccc23)N[C@@H](Cc2c[nH]c3ccccc23)N1O.[Ac]. The van der Waals surface area contributed by atoms with Gasteiger partial charge in [-0.3, -0.25) is 15.3 Å². The zero-order chi connectivity index (χ0) is 18.4. The summed E-state index contributed by atoms with van der Waals surface area (Å²) in [6.45, 7) is 0. The Bertz CT molecular complexity index is 1140. The maximum Gasteiger partial charge on any atom is 0.264 e. The minimum absolute atomic E-state index is 0. The fraction of sp³-hybridized carbons (Fsp3) is 0.190. The molecule has 2 aromatic heterocycles. The molecule has 1 saturated heterocycles. The predicted octanol–water partition coefficient (Wildman–Crippen LogP) is 2.95. The first kappa shape index (κ1) is 19.7. The first-order chi connectivity index (χ1) is 13.2. The fourth-order valence-electron chi connectivity index (χ4n) is 4.01. The molecule has 5 rings (SSSR count). The Balaban J connectivity index is 0.00000192. The second-order valence-electron chi connectivity index (χ2n) is 7.05. The topological polar surface area (TPSA) is 84.2 Å². The number of aromatic amines is 2. The molecule has 1 aliphatic heterocycles. The van der Waals surface area contributed by atoms with Crippen molar-refractivity contribution >= 4 is 27.7 Å². The molecule has 2 aromatic carbocycles. The van der Waals surface area contributed by atoms with Gasteiger partial charge in [0.05, 0.1) is 6.04 Å². The number of hydrogen-bond acceptors (Lipinski definition) is 3. The van der Waals surface area contributed by atoms with E-state index in [1.54, 1.807) is 0 Å². The Kier molecular flexibility index (Phi) is 5.62. The molecule has 7 heteroatoms. The van der Waals surface area contributed by atoms with Crippen molar-refractivity contribution in [1.82, 2.24) is 20.3 Å². The zero-order valence-corrected chi connectivity index (χ0v) is 20.0. The number of nitrogens with zero attached hydrogens (tertiary/aromatic N) is 1. The standard InChI is InChI=1S/C21H20N4O2.Ac/c26-21-19(9-13-11-22-17-7-3-1-5-15(13)17)24-20(25(21)27)10-14-12-23-18-8-4-2-6-16(14)18;/h1-8,11-12,19-20,22-24,27H,9-10H2;/t19-,20+;/m0./s1. The van der Waals surface area contributed by atoms with Crippen molar-refractivity contribution in [3.8, 4) is 0 Å². The molecule has 6 nitrogen and oxygen atoms in total. The molecule has 2 atom stereocenters. The van der Waals surface area contributed by atoms with Crippen LogP contribution in [0.3, 0.4) is 0 Å². The molecule has 0 saturated carbocycles. The molecule has 0 bridgehead atoms. The number of carbonyl (C=O) groups is 1. The van der Waals surface area contributed by atoms with Crippen LogP contribution in [-0.4, -0.2) is 38.4 Å². The Morgan fingerprint density at radius 1 is 0.857 bits per heavy atom. The van der Waals surface area contributed by atoms with Gasteiger partial charge in [0.15, 0.2) is 0 Å². The molecule has 0 aliphatic carbocycles. The van der Waals surface area contributed by atoms with E-state index in [0.29, 0.717) is 12.8 Å². The van der Waals surface area contributed by atoms with Crippen LogP contribution in [0.15, 0.2) is 60.9 Å². The van der Waals surface area contributed by atoms with Crippen LogP contribution in [0.25, 0.3) is 21.8 Å². The number of nitrogens with one attached hydrogen (secondary N) is 3. The summed E-state index contributed by atoms with van der Waals surface area (Å²) in [7, 11) is 0. The third-order valence-corrected chi connectivity index (χ3v) is 5.40. The molecule has 28 heavy (non-hydrogen) atoms. The van der Waals surface area contributed by atoms with E-state index in [2.05, 4.69) is 15.3 Å². The van der Waals surface area contributed by atoms with E-state index in [0.717, 1.165) is 38.0 Å². The van der Waals surface area contributed by atoms with Crippen molar-refractivity contribution in [2.75, 3.05) is 0 Å². The maximum absolute atomic E-state index is 12.6. The molecule has 1 aliphatic rings. The number of amides is 1. The van der Waals surface area contributed by atoms with Crippen LogP contribution in [0, 0.1) is 44.1 Å². The minimum atomic E-state index is -0.440. The van der Waals surface area contributed by atoms with Gasteiger partial charge in [0.2, 0.25) is 0 Å². The molecule has 0 spiro atoms. The van der Waals surface area contributed by atoms with Crippen LogP contribution in [-0.2, 0) is 17.6 Å². The summed E-state index contributed by atoms with van der Waals surface area (Å²) in [5.74, 6) is -0.287. The van der Waals surface area contributed by atoms with Crippen LogP contribution in [0.4, 0.5) is 0 Å². The van der Waals surface area contributed by atoms with Crippen molar-refractivity contribution < 1.29 is 54.1 Å². The smallest absolute Gasteiger partial charge is 0.264 e. The van der Waals surface area contributed by atoms with Gasteiger partial charge in [0.25, 0.3) is 5.91 Å². The summed E-state index contributed by atoms with van der Waals surface area (Å²) in [4.78, 5) is 19.0. The van der Waals surface area contributed by atoms with Crippen LogP contribution >= 0.6 is 0 Å². The Morgan fingerprint density at radius 2 is 1.39 bits per heavy atom. The first-order valence-corrected chi connectivity index (χ1v) is 9.08. The van der Waals surface area contributed by atoms with Gasteiger partial charge in [-0.2, -0.15) is 0 Å². The average Bonchev–Trinajstić information content (AvgIpc) is 3.36. The summed E-state index contributed by atoms with van der Waals surface area (Å²) in [5, 5.41) is 16.7. The van der Waals surface area contributed by atoms with Gasteiger partial charge in [0.1, 0.15) is 6.17 Å². The van der Waals surface area contributed by atoms with E-state index in [-0.39, 0.29) is 50.0 Å². The van der Waals surface area contributed by atoms with Gasteiger partial charge < -0.3 is 9.97 Å². The Labute approximate surface area is 197 Å². The molecule has 139 valence electrons. The number of benzene rings is 2. The summed E-state index contributed by atoms with van der Waals surface area (Å²) >= 11 is 0.